The molecule has 0 heterocycles. The third kappa shape index (κ3) is 4.79. The molecule has 0 aromatic heterocycles. The summed E-state index contributed by atoms with van der Waals surface area (Å²) in [5.74, 6) is 0. The molecule has 0 spiro atoms. The van der Waals surface area contributed by atoms with E-state index in [1.165, 1.54) is 21.7 Å². The molecule has 0 amide bonds. The Labute approximate surface area is 128 Å². The van der Waals surface area contributed by atoms with E-state index >= 15 is 0 Å². The van der Waals surface area contributed by atoms with E-state index in [0.717, 1.165) is 0 Å². The van der Waals surface area contributed by atoms with Crippen LogP contribution in [0.15, 0.2) is 48.5 Å². The van der Waals surface area contributed by atoms with Crippen LogP contribution in [0.2, 0.25) is 0 Å². The molecule has 0 saturated carbocycles. The maximum atomic E-state index is 6.69. The van der Waals surface area contributed by atoms with Gasteiger partial charge >= 0.3 is 129 Å². The molecular weight excluding hydrogens is 407 g/mol. The first-order valence-corrected chi connectivity index (χ1v) is 16.0. The van der Waals surface area contributed by atoms with Crippen molar-refractivity contribution in [1.29, 1.82) is 0 Å². The molecule has 0 fully saturated rings. The van der Waals surface area contributed by atoms with Gasteiger partial charge in [-0.3, -0.25) is 0 Å². The zero-order valence-electron chi connectivity index (χ0n) is 10.7. The second-order valence-electron chi connectivity index (χ2n) is 4.15. The summed E-state index contributed by atoms with van der Waals surface area (Å²) in [7, 11) is 13.4. The molecule has 0 saturated heterocycles. The number of hydrogen-bond acceptors (Lipinski definition) is 0. The van der Waals surface area contributed by atoms with Crippen LogP contribution in [0.5, 0.6) is 0 Å². The monoisotopic (exact) mass is 422 g/mol. The number of rotatable bonds is 4. The first-order chi connectivity index (χ1) is 8.98. The Bertz CT molecular complexity index is 523. The third-order valence-corrected chi connectivity index (χ3v) is 17.0. The number of aryl methyl sites for hydroxylation is 2. The van der Waals surface area contributed by atoms with Crippen LogP contribution in [0.4, 0.5) is 0 Å². The van der Waals surface area contributed by atoms with Crippen molar-refractivity contribution >= 4 is 43.2 Å². The number of benzene rings is 2. The van der Waals surface area contributed by atoms with Crippen molar-refractivity contribution in [3.63, 3.8) is 0 Å². The second kappa shape index (κ2) is 7.00. The van der Waals surface area contributed by atoms with Gasteiger partial charge in [-0.1, -0.05) is 0 Å². The van der Waals surface area contributed by atoms with Crippen LogP contribution in [0, 0.1) is 13.8 Å². The molecule has 19 heavy (non-hydrogen) atoms. The van der Waals surface area contributed by atoms with E-state index in [-0.39, 0.29) is 0 Å². The molecule has 5 heteroatoms. The Morgan fingerprint density at radius 2 is 1.11 bits per heavy atom. The van der Waals surface area contributed by atoms with Crippen LogP contribution in [0.25, 0.3) is 0 Å². The average molecular weight is 424 g/mol. The SMILES string of the molecule is Cc1ccccc1[PH][Pd]([Cl])([Cl])[PH]c1ccccc1C. The summed E-state index contributed by atoms with van der Waals surface area (Å²) in [6, 6.07) is 16.8. The Morgan fingerprint density at radius 1 is 0.737 bits per heavy atom. The summed E-state index contributed by atoms with van der Waals surface area (Å²) in [6.07, 6.45) is 0. The molecule has 0 aliphatic heterocycles. The number of hydrogen-bond donors (Lipinski definition) is 0. The van der Waals surface area contributed by atoms with Crippen molar-refractivity contribution < 1.29 is 12.5 Å². The summed E-state index contributed by atoms with van der Waals surface area (Å²) in [4.78, 5) is 0. The van der Waals surface area contributed by atoms with E-state index in [1.807, 2.05) is 0 Å². The van der Waals surface area contributed by atoms with Crippen LogP contribution >= 0.6 is 32.6 Å². The maximum absolute atomic E-state index is 6.69. The fourth-order valence-corrected chi connectivity index (χ4v) is 17.1. The summed E-state index contributed by atoms with van der Waals surface area (Å²) < 4.78 is 0. The topological polar surface area (TPSA) is 0 Å². The fraction of sp³-hybridized carbons (Fsp3) is 0.143. The van der Waals surface area contributed by atoms with Gasteiger partial charge in [0, 0.05) is 0 Å². The van der Waals surface area contributed by atoms with E-state index in [1.54, 1.807) is 0 Å². The predicted octanol–water partition coefficient (Wildman–Crippen LogP) is 4.90. The Morgan fingerprint density at radius 3 is 1.47 bits per heavy atom. The van der Waals surface area contributed by atoms with Crippen molar-refractivity contribution in [1.82, 2.24) is 0 Å². The normalized spacial score (nSPS) is 13.7. The van der Waals surface area contributed by atoms with E-state index in [4.69, 9.17) is 19.1 Å². The van der Waals surface area contributed by atoms with E-state index in [2.05, 4.69) is 62.4 Å². The van der Waals surface area contributed by atoms with Crippen LogP contribution in [-0.4, -0.2) is 0 Å². The standard InChI is InChI=1S/2C7H8P.2ClH.Pd/c2*1-6-4-2-3-5-7(6)8;;;/h2*2-5,8H,1H3;2*1H;/q2*-1;;;+4/p-2. The average Bonchev–Trinajstić information content (AvgIpc) is 2.35. The van der Waals surface area contributed by atoms with Gasteiger partial charge < -0.3 is 0 Å². The van der Waals surface area contributed by atoms with Gasteiger partial charge in [-0.15, -0.1) is 0 Å². The van der Waals surface area contributed by atoms with Gasteiger partial charge in [-0.25, -0.2) is 0 Å². The molecule has 106 valence electrons. The summed E-state index contributed by atoms with van der Waals surface area (Å²) >= 11 is -2.37. The minimum absolute atomic E-state index is 0.545. The van der Waals surface area contributed by atoms with Crippen molar-refractivity contribution in [2.75, 3.05) is 0 Å². The minimum atomic E-state index is -2.37. The van der Waals surface area contributed by atoms with Gasteiger partial charge in [0.05, 0.1) is 0 Å². The quantitative estimate of drug-likeness (QED) is 0.485. The summed E-state index contributed by atoms with van der Waals surface area (Å²) in [5, 5.41) is 2.62. The molecule has 0 radical (unpaired) electrons. The third-order valence-electron chi connectivity index (χ3n) is 2.66. The van der Waals surface area contributed by atoms with Gasteiger partial charge in [0.15, 0.2) is 0 Å². The van der Waals surface area contributed by atoms with Crippen LogP contribution in [0.1, 0.15) is 11.1 Å². The van der Waals surface area contributed by atoms with Crippen molar-refractivity contribution in [2.45, 2.75) is 13.8 Å². The Kier molecular flexibility index (Phi) is 5.87. The zero-order chi connectivity index (χ0) is 13.9. The number of halogens is 2. The molecule has 0 aliphatic rings. The second-order valence-corrected chi connectivity index (χ2v) is 26.9. The van der Waals surface area contributed by atoms with Crippen molar-refractivity contribution in [3.8, 4) is 0 Å². The molecule has 2 aromatic carbocycles. The van der Waals surface area contributed by atoms with E-state index < -0.39 is 12.5 Å². The molecule has 0 nitrogen and oxygen atoms in total. The van der Waals surface area contributed by atoms with Gasteiger partial charge in [-0.2, -0.15) is 0 Å². The van der Waals surface area contributed by atoms with E-state index in [0.29, 0.717) is 13.5 Å². The van der Waals surface area contributed by atoms with Crippen molar-refractivity contribution in [3.05, 3.63) is 59.7 Å². The molecule has 0 bridgehead atoms. The van der Waals surface area contributed by atoms with Crippen molar-refractivity contribution in [2.24, 2.45) is 0 Å². The van der Waals surface area contributed by atoms with E-state index in [9.17, 15) is 0 Å². The summed E-state index contributed by atoms with van der Waals surface area (Å²) in [5.41, 5.74) is 2.58. The first kappa shape index (κ1) is 15.9. The van der Waals surface area contributed by atoms with Gasteiger partial charge in [-0.05, 0) is 0 Å². The zero-order valence-corrected chi connectivity index (χ0v) is 15.8. The van der Waals surface area contributed by atoms with Crippen LogP contribution in [0.3, 0.4) is 0 Å². The molecular formula is C14H16Cl2P2Pd. The van der Waals surface area contributed by atoms with Gasteiger partial charge in [0.1, 0.15) is 0 Å². The molecule has 0 N–H and O–H groups in total. The van der Waals surface area contributed by atoms with Gasteiger partial charge in [0.2, 0.25) is 0 Å². The molecule has 2 aromatic rings. The van der Waals surface area contributed by atoms with Gasteiger partial charge in [0.25, 0.3) is 0 Å². The predicted molar refractivity (Wildman–Crippen MR) is 90.0 cm³/mol. The Hall–Kier alpha value is 0.542. The molecule has 0 aliphatic carbocycles. The molecule has 2 atom stereocenters. The van der Waals surface area contributed by atoms with Crippen LogP contribution in [-0.2, 0) is 12.5 Å². The molecule has 2 unspecified atom stereocenters. The first-order valence-electron chi connectivity index (χ1n) is 5.71. The Balaban J connectivity index is 2.15. The van der Waals surface area contributed by atoms with Crippen LogP contribution < -0.4 is 10.6 Å². The fourth-order valence-electron chi connectivity index (χ4n) is 1.56. The summed E-state index contributed by atoms with van der Waals surface area (Å²) in [6.45, 7) is 5.34. The molecule has 2 rings (SSSR count).